The first-order valence-corrected chi connectivity index (χ1v) is 12.6. The van der Waals surface area contributed by atoms with Gasteiger partial charge in [-0.1, -0.05) is 79.9 Å². The first-order valence-electron chi connectivity index (χ1n) is 12.6. The van der Waals surface area contributed by atoms with Crippen molar-refractivity contribution in [1.82, 2.24) is 15.5 Å². The van der Waals surface area contributed by atoms with Crippen molar-refractivity contribution < 1.29 is 9.59 Å². The standard InChI is InChI=1S/C28H33N3O2/c32-26-23-16-21-18-31(22-14-8-3-9-15-22)25(24(23)20-12-6-2-7-13-20)28(21,30-26)27(33)29-17-19-10-4-1-5-11-19/h1-2,4-7,10-13,21-25H,3,8-9,14-18H2,(H,29,33)(H,30,32)/t21-,23+,24+,25-,28-/m0/s1. The van der Waals surface area contributed by atoms with Gasteiger partial charge in [0.2, 0.25) is 11.8 Å². The van der Waals surface area contributed by atoms with Crippen molar-refractivity contribution in [2.75, 3.05) is 6.54 Å². The van der Waals surface area contributed by atoms with Crippen LogP contribution in [0.3, 0.4) is 0 Å². The van der Waals surface area contributed by atoms with Crippen LogP contribution in [0.1, 0.15) is 55.6 Å². The van der Waals surface area contributed by atoms with E-state index in [0.29, 0.717) is 12.6 Å². The number of nitrogens with zero attached hydrogens (tertiary/aromatic N) is 1. The van der Waals surface area contributed by atoms with E-state index in [9.17, 15) is 9.59 Å². The second-order valence-electron chi connectivity index (χ2n) is 10.4. The Hall–Kier alpha value is -2.66. The maximum Gasteiger partial charge on any atom is 0.248 e. The molecule has 0 radical (unpaired) electrons. The van der Waals surface area contributed by atoms with Crippen molar-refractivity contribution >= 4 is 11.8 Å². The number of rotatable bonds is 5. The molecule has 172 valence electrons. The van der Waals surface area contributed by atoms with Gasteiger partial charge in [0, 0.05) is 36.9 Å². The Bertz CT molecular complexity index is 1020. The summed E-state index contributed by atoms with van der Waals surface area (Å²) < 4.78 is 0. The molecule has 0 spiro atoms. The van der Waals surface area contributed by atoms with E-state index in [1.54, 1.807) is 0 Å². The van der Waals surface area contributed by atoms with E-state index in [4.69, 9.17) is 0 Å². The van der Waals surface area contributed by atoms with Crippen molar-refractivity contribution in [1.29, 1.82) is 0 Å². The molecule has 3 heterocycles. The third kappa shape index (κ3) is 3.31. The fourth-order valence-electron chi connectivity index (χ4n) is 7.36. The lowest BCUT2D eigenvalue weighted by Crippen LogP contribution is -2.77. The van der Waals surface area contributed by atoms with E-state index in [2.05, 4.69) is 39.8 Å². The van der Waals surface area contributed by atoms with Crippen LogP contribution in [-0.2, 0) is 16.1 Å². The van der Waals surface area contributed by atoms with Crippen LogP contribution >= 0.6 is 0 Å². The van der Waals surface area contributed by atoms with Crippen molar-refractivity contribution in [3.05, 3.63) is 71.8 Å². The Balaban J connectivity index is 1.39. The zero-order valence-electron chi connectivity index (χ0n) is 19.1. The minimum absolute atomic E-state index is 0.00732. The summed E-state index contributed by atoms with van der Waals surface area (Å²) in [7, 11) is 0. The van der Waals surface area contributed by atoms with Crippen LogP contribution in [0.5, 0.6) is 0 Å². The Morgan fingerprint density at radius 1 is 1.00 bits per heavy atom. The molecule has 0 aromatic heterocycles. The zero-order chi connectivity index (χ0) is 22.4. The first kappa shape index (κ1) is 20.9. The zero-order valence-corrected chi connectivity index (χ0v) is 19.1. The largest absolute Gasteiger partial charge is 0.350 e. The summed E-state index contributed by atoms with van der Waals surface area (Å²) in [5.74, 6) is 0.217. The summed E-state index contributed by atoms with van der Waals surface area (Å²) in [5.41, 5.74) is 1.43. The van der Waals surface area contributed by atoms with Gasteiger partial charge in [0.25, 0.3) is 0 Å². The molecule has 2 aliphatic carbocycles. The number of hydrogen-bond donors (Lipinski definition) is 2. The predicted molar refractivity (Wildman–Crippen MR) is 127 cm³/mol. The van der Waals surface area contributed by atoms with Crippen LogP contribution in [0, 0.1) is 11.8 Å². The van der Waals surface area contributed by atoms with E-state index in [1.807, 2.05) is 36.4 Å². The van der Waals surface area contributed by atoms with Crippen molar-refractivity contribution in [2.24, 2.45) is 11.8 Å². The number of carbonyl (C=O) groups excluding carboxylic acids is 2. The molecule has 33 heavy (non-hydrogen) atoms. The lowest BCUT2D eigenvalue weighted by Gasteiger charge is -2.55. The summed E-state index contributed by atoms with van der Waals surface area (Å²) in [6.45, 7) is 1.40. The highest BCUT2D eigenvalue weighted by molar-refractivity contribution is 5.97. The van der Waals surface area contributed by atoms with Gasteiger partial charge in [0.05, 0.1) is 6.04 Å². The van der Waals surface area contributed by atoms with Crippen LogP contribution in [0.15, 0.2) is 60.7 Å². The smallest absolute Gasteiger partial charge is 0.248 e. The summed E-state index contributed by atoms with van der Waals surface area (Å²) in [6.07, 6.45) is 7.03. The molecule has 2 aromatic carbocycles. The fourth-order valence-corrected chi connectivity index (χ4v) is 7.36. The third-order valence-corrected chi connectivity index (χ3v) is 8.78. The van der Waals surface area contributed by atoms with Gasteiger partial charge in [-0.3, -0.25) is 14.5 Å². The highest BCUT2D eigenvalue weighted by Crippen LogP contribution is 2.57. The second-order valence-corrected chi connectivity index (χ2v) is 10.4. The number of benzene rings is 2. The molecule has 2 N–H and O–H groups in total. The molecule has 2 saturated carbocycles. The van der Waals surface area contributed by atoms with Crippen LogP contribution in [0.2, 0.25) is 0 Å². The van der Waals surface area contributed by atoms with Gasteiger partial charge in [-0.25, -0.2) is 0 Å². The lowest BCUT2D eigenvalue weighted by molar-refractivity contribution is -0.151. The molecule has 5 aliphatic rings. The quantitative estimate of drug-likeness (QED) is 0.742. The van der Waals surface area contributed by atoms with Crippen molar-refractivity contribution in [3.63, 3.8) is 0 Å². The Labute approximate surface area is 195 Å². The lowest BCUT2D eigenvalue weighted by atomic mass is 9.57. The first-order chi connectivity index (χ1) is 16.2. The van der Waals surface area contributed by atoms with E-state index >= 15 is 0 Å². The minimum Gasteiger partial charge on any atom is -0.350 e. The molecule has 7 rings (SSSR count). The summed E-state index contributed by atoms with van der Waals surface area (Å²) >= 11 is 0. The molecule has 5 atom stereocenters. The third-order valence-electron chi connectivity index (χ3n) is 8.78. The average Bonchev–Trinajstić information content (AvgIpc) is 3.09. The fraction of sp³-hybridized carbons (Fsp3) is 0.500. The topological polar surface area (TPSA) is 61.4 Å². The number of amides is 2. The summed E-state index contributed by atoms with van der Waals surface area (Å²) in [6, 6.07) is 21.0. The maximum atomic E-state index is 14.0. The maximum absolute atomic E-state index is 14.0. The molecule has 3 saturated heterocycles. The monoisotopic (exact) mass is 443 g/mol. The predicted octanol–water partition coefficient (Wildman–Crippen LogP) is 3.61. The average molecular weight is 444 g/mol. The van der Waals surface area contributed by atoms with Gasteiger partial charge in [0.15, 0.2) is 0 Å². The molecule has 5 fully saturated rings. The summed E-state index contributed by atoms with van der Waals surface area (Å²) in [4.78, 5) is 30.0. The van der Waals surface area contributed by atoms with Crippen LogP contribution < -0.4 is 10.6 Å². The van der Waals surface area contributed by atoms with Gasteiger partial charge in [-0.05, 0) is 30.4 Å². The molecule has 5 nitrogen and oxygen atoms in total. The molecular formula is C28H33N3O2. The Morgan fingerprint density at radius 3 is 2.42 bits per heavy atom. The number of nitrogens with one attached hydrogen (secondary N) is 2. The second kappa shape index (κ2) is 8.28. The van der Waals surface area contributed by atoms with Crippen LogP contribution in [0.25, 0.3) is 0 Å². The number of fused-ring (bicyclic) bond motifs is 1. The number of hydrogen-bond acceptors (Lipinski definition) is 3. The van der Waals surface area contributed by atoms with E-state index < -0.39 is 5.54 Å². The molecule has 5 heteroatoms. The van der Waals surface area contributed by atoms with E-state index in [1.165, 1.54) is 37.7 Å². The van der Waals surface area contributed by atoms with Gasteiger partial charge in [-0.15, -0.1) is 0 Å². The van der Waals surface area contributed by atoms with Gasteiger partial charge >= 0.3 is 0 Å². The number of piperidine rings is 2. The highest BCUT2D eigenvalue weighted by atomic mass is 16.2. The van der Waals surface area contributed by atoms with E-state index in [-0.39, 0.29) is 35.6 Å². The highest BCUT2D eigenvalue weighted by Gasteiger charge is 2.71. The molecule has 3 aliphatic heterocycles. The Morgan fingerprint density at radius 2 is 1.70 bits per heavy atom. The van der Waals surface area contributed by atoms with Gasteiger partial charge in [0.1, 0.15) is 5.54 Å². The van der Waals surface area contributed by atoms with Crippen molar-refractivity contribution in [2.45, 2.75) is 68.6 Å². The van der Waals surface area contributed by atoms with Gasteiger partial charge in [-0.2, -0.15) is 0 Å². The normalized spacial score (nSPS) is 33.6. The number of likely N-dealkylation sites (tertiary alicyclic amines) is 1. The van der Waals surface area contributed by atoms with Crippen LogP contribution in [0.4, 0.5) is 0 Å². The van der Waals surface area contributed by atoms with E-state index in [0.717, 1.165) is 18.5 Å². The molecular weight excluding hydrogens is 410 g/mol. The summed E-state index contributed by atoms with van der Waals surface area (Å²) in [5, 5.41) is 6.53. The molecule has 2 amide bonds. The minimum atomic E-state index is -0.849. The molecule has 0 unspecified atom stereocenters. The van der Waals surface area contributed by atoms with Gasteiger partial charge < -0.3 is 10.6 Å². The van der Waals surface area contributed by atoms with Crippen molar-refractivity contribution in [3.8, 4) is 0 Å². The number of carbonyl (C=O) groups is 2. The SMILES string of the molecule is O=C1N[C@@]2(C(=O)NCc3ccccc3)[C@H]3C[C@@H]1[C@@H](c1ccccc1)[C@@H]2N(C1CCCCC1)C3. The molecule has 2 aromatic rings. The van der Waals surface area contributed by atoms with Crippen LogP contribution in [-0.4, -0.2) is 40.9 Å². The molecule has 4 bridgehead atoms. The Kier molecular flexibility index (Phi) is 5.25.